The fraction of sp³-hybridized carbons (Fsp3) is 0.518. The van der Waals surface area contributed by atoms with E-state index < -0.39 is 49.2 Å². The highest BCUT2D eigenvalue weighted by Crippen LogP contribution is 2.20. The molecule has 1 rings (SSSR count). The lowest BCUT2D eigenvalue weighted by molar-refractivity contribution is -0.254. The Bertz CT molecular complexity index is 1670. The first-order valence-corrected chi connectivity index (χ1v) is 24.7. The normalized spacial score (nSPS) is 20.2. The Morgan fingerprint density at radius 1 is 0.507 bits per heavy atom. The number of ether oxygens (including phenoxy) is 1. The average Bonchev–Trinajstić information content (AvgIpc) is 3.32. The summed E-state index contributed by atoms with van der Waals surface area (Å²) in [7, 11) is 0. The monoisotopic (exact) mass is 928 g/mol. The van der Waals surface area contributed by atoms with Gasteiger partial charge < -0.3 is 41.1 Å². The van der Waals surface area contributed by atoms with Crippen molar-refractivity contribution in [3.05, 3.63) is 146 Å². The number of amides is 3. The maximum absolute atomic E-state index is 13.4. The van der Waals surface area contributed by atoms with Gasteiger partial charge in [-0.15, -0.1) is 0 Å². The van der Waals surface area contributed by atoms with Crippen LogP contribution in [-0.4, -0.2) is 88.0 Å². The summed E-state index contributed by atoms with van der Waals surface area (Å²) in [6, 6.07) is -2.39. The van der Waals surface area contributed by atoms with Crippen LogP contribution in [0.25, 0.3) is 0 Å². The van der Waals surface area contributed by atoms with Gasteiger partial charge in [-0.05, 0) is 109 Å². The van der Waals surface area contributed by atoms with Crippen LogP contribution < -0.4 is 16.0 Å². The molecule has 1 fully saturated rings. The molecule has 1 aliphatic heterocycles. The second-order valence-electron chi connectivity index (χ2n) is 16.1. The summed E-state index contributed by atoms with van der Waals surface area (Å²) in [5.41, 5.74) is 0. The zero-order valence-corrected chi connectivity index (χ0v) is 40.6. The second kappa shape index (κ2) is 43.6. The number of hydrogen-bond donors (Lipinski definition) is 7. The molecule has 67 heavy (non-hydrogen) atoms. The first-order chi connectivity index (χ1) is 32.7. The molecule has 0 saturated carbocycles. The van der Waals surface area contributed by atoms with Crippen molar-refractivity contribution < 1.29 is 39.5 Å². The summed E-state index contributed by atoms with van der Waals surface area (Å²) in [5.74, 6) is -1.08. The molecule has 0 aromatic heterocycles. The minimum atomic E-state index is -1.69. The van der Waals surface area contributed by atoms with Crippen LogP contribution in [-0.2, 0) is 19.1 Å². The van der Waals surface area contributed by atoms with Gasteiger partial charge in [0.15, 0.2) is 6.29 Å². The molecule has 0 aliphatic carbocycles. The van der Waals surface area contributed by atoms with Crippen LogP contribution in [0, 0.1) is 0 Å². The molecule has 0 radical (unpaired) electrons. The van der Waals surface area contributed by atoms with E-state index in [1.165, 1.54) is 0 Å². The number of hydrogen-bond acceptors (Lipinski definition) is 8. The molecule has 6 atom stereocenters. The topological polar surface area (TPSA) is 177 Å². The molecule has 1 saturated heterocycles. The van der Waals surface area contributed by atoms with Crippen LogP contribution in [0.5, 0.6) is 0 Å². The predicted molar refractivity (Wildman–Crippen MR) is 276 cm³/mol. The van der Waals surface area contributed by atoms with Gasteiger partial charge >= 0.3 is 0 Å². The summed E-state index contributed by atoms with van der Waals surface area (Å²) < 4.78 is 5.19. The quantitative estimate of drug-likeness (QED) is 0.0238. The smallest absolute Gasteiger partial charge is 0.243 e. The van der Waals surface area contributed by atoms with E-state index in [1.54, 1.807) is 0 Å². The summed E-state index contributed by atoms with van der Waals surface area (Å²) >= 11 is 0. The van der Waals surface area contributed by atoms with Crippen molar-refractivity contribution in [1.29, 1.82) is 0 Å². The lowest BCUT2D eigenvalue weighted by atomic mass is 9.96. The number of aliphatic hydroxyl groups is 4. The molecule has 0 bridgehead atoms. The highest BCUT2D eigenvalue weighted by atomic mass is 16.6. The van der Waals surface area contributed by atoms with Crippen molar-refractivity contribution >= 4 is 17.7 Å². The van der Waals surface area contributed by atoms with Crippen molar-refractivity contribution in [3.63, 3.8) is 0 Å². The Hall–Kier alpha value is -4.91. The first-order valence-electron chi connectivity index (χ1n) is 24.7. The Kier molecular flexibility index (Phi) is 39.2. The van der Waals surface area contributed by atoms with E-state index in [4.69, 9.17) is 4.74 Å². The van der Waals surface area contributed by atoms with E-state index in [0.717, 1.165) is 77.0 Å². The fourth-order valence-electron chi connectivity index (χ4n) is 6.55. The lowest BCUT2D eigenvalue weighted by Crippen LogP contribution is -2.65. The minimum Gasteiger partial charge on any atom is -0.394 e. The van der Waals surface area contributed by atoms with Crippen molar-refractivity contribution in [2.75, 3.05) is 13.2 Å². The SMILES string of the molecule is CC/C=C\C/C=C\C/C=C\C/C=C\C/C=C\C/C=C\CCC(=O)NCCCC[C@H](NC(=O)CC/C=C\C/C=C\C/C=C\C/C=C\C/C=C\C/C=C\CC)C(=O)NC1C(O)OC(CO)C(O)C1O. The third-order valence-electron chi connectivity index (χ3n) is 10.4. The molecular weight excluding hydrogens is 843 g/mol. The molecule has 0 spiro atoms. The van der Waals surface area contributed by atoms with Gasteiger partial charge in [0.2, 0.25) is 17.7 Å². The predicted octanol–water partition coefficient (Wildman–Crippen LogP) is 9.63. The van der Waals surface area contributed by atoms with Gasteiger partial charge in [0.25, 0.3) is 0 Å². The minimum absolute atomic E-state index is 0.0726. The fourth-order valence-corrected chi connectivity index (χ4v) is 6.55. The van der Waals surface area contributed by atoms with E-state index >= 15 is 0 Å². The summed E-state index contributed by atoms with van der Waals surface area (Å²) in [6.07, 6.45) is 59.1. The van der Waals surface area contributed by atoms with E-state index in [2.05, 4.69) is 151 Å². The Morgan fingerprint density at radius 3 is 1.27 bits per heavy atom. The van der Waals surface area contributed by atoms with Crippen LogP contribution >= 0.6 is 0 Å². The number of carbonyl (C=O) groups excluding carboxylic acids is 3. The highest BCUT2D eigenvalue weighted by Gasteiger charge is 2.44. The van der Waals surface area contributed by atoms with E-state index in [-0.39, 0.29) is 24.7 Å². The maximum Gasteiger partial charge on any atom is 0.243 e. The zero-order valence-electron chi connectivity index (χ0n) is 40.6. The number of unbranched alkanes of at least 4 members (excludes halogenated alkanes) is 1. The molecule has 1 heterocycles. The Labute approximate surface area is 403 Å². The highest BCUT2D eigenvalue weighted by molar-refractivity contribution is 5.87. The Balaban J connectivity index is 2.45. The standard InChI is InChI=1S/C56H85N3O8/c1-3-5-7-9-11-13-15-17-19-21-23-25-27-29-31-33-35-37-39-44-50(61)57-46-42-41-43-48(55(65)59-52-54(64)53(63)49(47-60)67-56(52)66)58-51(62)45-40-38-36-34-32-30-28-26-24-22-20-18-16-14-12-10-8-6-4-2/h5-8,11-14,17-20,23-26,29-32,35-38,48-49,52-54,56,60,63-64,66H,3-4,9-10,15-16,21-22,27-28,33-34,39-47H2,1-2H3,(H,57,61)(H,58,62)(H,59,65)/b7-5-,8-6-,13-11-,14-12-,19-17-,20-18-,25-23-,26-24-,31-29-,32-30-,37-35-,38-36-/t48-,49?,52?,53?,54?,56?/m0/s1. The molecular formula is C56H85N3O8. The van der Waals surface area contributed by atoms with Crippen molar-refractivity contribution in [1.82, 2.24) is 16.0 Å². The molecule has 7 N–H and O–H groups in total. The maximum atomic E-state index is 13.4. The molecule has 5 unspecified atom stereocenters. The molecule has 372 valence electrons. The van der Waals surface area contributed by atoms with Crippen LogP contribution in [0.2, 0.25) is 0 Å². The second-order valence-corrected chi connectivity index (χ2v) is 16.1. The molecule has 3 amide bonds. The van der Waals surface area contributed by atoms with Crippen molar-refractivity contribution in [2.24, 2.45) is 0 Å². The average molecular weight is 928 g/mol. The number of carbonyl (C=O) groups is 3. The van der Waals surface area contributed by atoms with Crippen molar-refractivity contribution in [2.45, 2.75) is 173 Å². The van der Waals surface area contributed by atoms with Gasteiger partial charge in [-0.3, -0.25) is 14.4 Å². The molecule has 11 nitrogen and oxygen atoms in total. The van der Waals surface area contributed by atoms with Crippen LogP contribution in [0.15, 0.2) is 146 Å². The largest absolute Gasteiger partial charge is 0.394 e. The molecule has 0 aromatic rings. The summed E-state index contributed by atoms with van der Waals surface area (Å²) in [6.45, 7) is 4.03. The van der Waals surface area contributed by atoms with Gasteiger partial charge in [-0.25, -0.2) is 0 Å². The van der Waals surface area contributed by atoms with Gasteiger partial charge in [0.05, 0.1) is 6.61 Å². The molecule has 11 heteroatoms. The Morgan fingerprint density at radius 2 is 0.881 bits per heavy atom. The summed E-state index contributed by atoms with van der Waals surface area (Å²) in [4.78, 5) is 38.8. The lowest BCUT2D eigenvalue weighted by Gasteiger charge is -2.40. The van der Waals surface area contributed by atoms with Gasteiger partial charge in [-0.2, -0.15) is 0 Å². The first kappa shape index (κ1) is 60.1. The van der Waals surface area contributed by atoms with Gasteiger partial charge in [0.1, 0.15) is 30.4 Å². The van der Waals surface area contributed by atoms with E-state index in [9.17, 15) is 34.8 Å². The zero-order chi connectivity index (χ0) is 48.8. The number of nitrogens with one attached hydrogen (secondary N) is 3. The van der Waals surface area contributed by atoms with Gasteiger partial charge in [0, 0.05) is 19.4 Å². The third kappa shape index (κ3) is 34.1. The summed E-state index contributed by atoms with van der Waals surface area (Å²) in [5, 5.41) is 48.9. The molecule has 0 aromatic carbocycles. The van der Waals surface area contributed by atoms with E-state index in [1.807, 2.05) is 24.3 Å². The molecule has 1 aliphatic rings. The van der Waals surface area contributed by atoms with Crippen LogP contribution in [0.1, 0.15) is 136 Å². The number of rotatable bonds is 37. The van der Waals surface area contributed by atoms with Crippen LogP contribution in [0.3, 0.4) is 0 Å². The number of aliphatic hydroxyl groups excluding tert-OH is 4. The third-order valence-corrected chi connectivity index (χ3v) is 10.4. The van der Waals surface area contributed by atoms with Crippen LogP contribution in [0.4, 0.5) is 0 Å². The number of allylic oxidation sites excluding steroid dienone is 24. The van der Waals surface area contributed by atoms with Gasteiger partial charge in [-0.1, -0.05) is 160 Å². The van der Waals surface area contributed by atoms with Crippen molar-refractivity contribution in [3.8, 4) is 0 Å². The van der Waals surface area contributed by atoms with E-state index in [0.29, 0.717) is 38.6 Å².